The summed E-state index contributed by atoms with van der Waals surface area (Å²) in [6.45, 7) is -0.322. The van der Waals surface area contributed by atoms with Crippen LogP contribution in [0.3, 0.4) is 0 Å². The van der Waals surface area contributed by atoms with Crippen LogP contribution in [0.5, 0.6) is 11.5 Å². The summed E-state index contributed by atoms with van der Waals surface area (Å²) in [5.41, 5.74) is 7.98. The summed E-state index contributed by atoms with van der Waals surface area (Å²) >= 11 is 0. The van der Waals surface area contributed by atoms with E-state index in [9.17, 15) is 10.1 Å². The first-order chi connectivity index (χ1) is 9.13. The van der Waals surface area contributed by atoms with Crippen LogP contribution < -0.4 is 9.47 Å². The Morgan fingerprint density at radius 3 is 2.79 bits per heavy atom. The summed E-state index contributed by atoms with van der Waals surface area (Å²) < 4.78 is 10.3. The Morgan fingerprint density at radius 1 is 1.53 bits per heavy atom. The van der Waals surface area contributed by atoms with Gasteiger partial charge in [-0.3, -0.25) is 10.1 Å². The molecule has 102 valence electrons. The molecule has 1 aromatic rings. The fourth-order valence-electron chi connectivity index (χ4n) is 1.40. The summed E-state index contributed by atoms with van der Waals surface area (Å²) in [5, 5.41) is 23.2. The van der Waals surface area contributed by atoms with E-state index >= 15 is 0 Å². The molecule has 0 spiro atoms. The molecular formula is C10H12N4O5. The first-order valence-corrected chi connectivity index (χ1v) is 5.23. The van der Waals surface area contributed by atoms with Gasteiger partial charge in [0.2, 0.25) is 0 Å². The van der Waals surface area contributed by atoms with Crippen molar-refractivity contribution in [2.75, 3.05) is 20.3 Å². The molecule has 0 aliphatic rings. The summed E-state index contributed by atoms with van der Waals surface area (Å²) in [4.78, 5) is 12.8. The Hall–Kier alpha value is -2.51. The van der Waals surface area contributed by atoms with Gasteiger partial charge in [0.25, 0.3) is 5.69 Å². The van der Waals surface area contributed by atoms with Crippen molar-refractivity contribution in [1.82, 2.24) is 0 Å². The van der Waals surface area contributed by atoms with E-state index in [0.29, 0.717) is 0 Å². The van der Waals surface area contributed by atoms with Crippen LogP contribution in [-0.4, -0.2) is 30.3 Å². The molecule has 0 atom stereocenters. The molecular weight excluding hydrogens is 256 g/mol. The number of aliphatic hydroxyl groups excluding tert-OH is 1. The number of methoxy groups -OCH3 is 1. The molecule has 0 aromatic heterocycles. The number of ether oxygens (including phenoxy) is 2. The highest BCUT2D eigenvalue weighted by atomic mass is 16.6. The Morgan fingerprint density at radius 2 is 2.26 bits per heavy atom. The van der Waals surface area contributed by atoms with E-state index in [1.54, 1.807) is 0 Å². The lowest BCUT2D eigenvalue weighted by molar-refractivity contribution is -0.385. The van der Waals surface area contributed by atoms with Crippen molar-refractivity contribution in [3.8, 4) is 11.5 Å². The van der Waals surface area contributed by atoms with E-state index in [4.69, 9.17) is 20.1 Å². The van der Waals surface area contributed by atoms with Crippen LogP contribution in [0.25, 0.3) is 10.4 Å². The summed E-state index contributed by atoms with van der Waals surface area (Å²) in [5.74, 6) is 0.412. The van der Waals surface area contributed by atoms with E-state index in [2.05, 4.69) is 10.0 Å². The van der Waals surface area contributed by atoms with Crippen LogP contribution in [0.1, 0.15) is 5.56 Å². The van der Waals surface area contributed by atoms with Gasteiger partial charge in [-0.05, 0) is 11.6 Å². The molecule has 0 amide bonds. The highest BCUT2D eigenvalue weighted by molar-refractivity contribution is 5.54. The number of hydrogen-bond acceptors (Lipinski definition) is 6. The molecule has 0 heterocycles. The molecule has 0 bridgehead atoms. The smallest absolute Gasteiger partial charge is 0.278 e. The van der Waals surface area contributed by atoms with E-state index < -0.39 is 11.5 Å². The normalized spacial score (nSPS) is 9.58. The molecule has 0 radical (unpaired) electrons. The Labute approximate surface area is 108 Å². The van der Waals surface area contributed by atoms with Crippen molar-refractivity contribution in [2.24, 2.45) is 5.11 Å². The van der Waals surface area contributed by atoms with Gasteiger partial charge in [0, 0.05) is 4.91 Å². The van der Waals surface area contributed by atoms with Gasteiger partial charge in [-0.15, -0.1) is 0 Å². The van der Waals surface area contributed by atoms with Crippen LogP contribution in [0.2, 0.25) is 0 Å². The van der Waals surface area contributed by atoms with Gasteiger partial charge in [0.1, 0.15) is 0 Å². The number of azide groups is 1. The van der Waals surface area contributed by atoms with Crippen LogP contribution in [0, 0.1) is 10.1 Å². The third-order valence-electron chi connectivity index (χ3n) is 2.24. The maximum absolute atomic E-state index is 10.8. The van der Waals surface area contributed by atoms with Crippen LogP contribution in [0.4, 0.5) is 5.69 Å². The van der Waals surface area contributed by atoms with Crippen molar-refractivity contribution < 1.29 is 19.5 Å². The molecule has 9 heteroatoms. The lowest BCUT2D eigenvalue weighted by Crippen LogP contribution is -2.04. The summed E-state index contributed by atoms with van der Waals surface area (Å²) in [6.07, 6.45) is 0. The molecule has 19 heavy (non-hydrogen) atoms. The first-order valence-electron chi connectivity index (χ1n) is 5.23. The number of rotatable bonds is 7. The Kier molecular flexibility index (Phi) is 5.39. The van der Waals surface area contributed by atoms with Crippen molar-refractivity contribution in [3.05, 3.63) is 38.3 Å². The average molecular weight is 268 g/mol. The molecule has 0 aliphatic carbocycles. The minimum atomic E-state index is -0.620. The third-order valence-corrected chi connectivity index (χ3v) is 2.24. The lowest BCUT2D eigenvalue weighted by Gasteiger charge is -2.11. The van der Waals surface area contributed by atoms with Gasteiger partial charge >= 0.3 is 0 Å². The predicted octanol–water partition coefficient (Wildman–Crippen LogP) is 1.78. The van der Waals surface area contributed by atoms with Crippen molar-refractivity contribution >= 4 is 5.69 Å². The maximum atomic E-state index is 10.8. The lowest BCUT2D eigenvalue weighted by atomic mass is 10.1. The summed E-state index contributed by atoms with van der Waals surface area (Å²) in [7, 11) is 1.38. The zero-order valence-electron chi connectivity index (χ0n) is 10.1. The second kappa shape index (κ2) is 7.04. The van der Waals surface area contributed by atoms with Crippen LogP contribution in [-0.2, 0) is 6.61 Å². The molecule has 0 unspecified atom stereocenters. The van der Waals surface area contributed by atoms with Crippen LogP contribution in [0.15, 0.2) is 17.2 Å². The molecule has 1 aromatic carbocycles. The van der Waals surface area contributed by atoms with Gasteiger partial charge in [0.05, 0.1) is 43.4 Å². The minimum absolute atomic E-state index is 0.0655. The molecule has 0 fully saturated rings. The minimum Gasteiger partial charge on any atom is -0.493 e. The van der Waals surface area contributed by atoms with Gasteiger partial charge < -0.3 is 14.6 Å². The SMILES string of the molecule is COc1cc(CO)c([N+](=O)[O-])cc1OCCN=[N+]=[N-]. The van der Waals surface area contributed by atoms with Gasteiger partial charge in [-0.1, -0.05) is 5.11 Å². The number of nitro benzene ring substituents is 1. The topological polar surface area (TPSA) is 131 Å². The van der Waals surface area contributed by atoms with Crippen molar-refractivity contribution in [1.29, 1.82) is 0 Å². The Bertz CT molecular complexity index is 513. The Balaban J connectivity index is 3.03. The second-order valence-corrected chi connectivity index (χ2v) is 3.35. The van der Waals surface area contributed by atoms with Gasteiger partial charge in [-0.2, -0.15) is 0 Å². The largest absolute Gasteiger partial charge is 0.493 e. The van der Waals surface area contributed by atoms with E-state index in [1.807, 2.05) is 0 Å². The van der Waals surface area contributed by atoms with E-state index in [1.165, 1.54) is 19.2 Å². The van der Waals surface area contributed by atoms with E-state index in [-0.39, 0.29) is 35.9 Å². The standard InChI is InChI=1S/C10H12N4O5/c1-18-9-4-7(6-15)8(14(16)17)5-10(9)19-3-2-12-13-11/h4-5,15H,2-3,6H2,1H3. The highest BCUT2D eigenvalue weighted by Gasteiger charge is 2.19. The molecule has 0 saturated carbocycles. The van der Waals surface area contributed by atoms with Crippen molar-refractivity contribution in [2.45, 2.75) is 6.61 Å². The quantitative estimate of drug-likeness (QED) is 0.201. The fourth-order valence-corrected chi connectivity index (χ4v) is 1.40. The number of hydrogen-bond donors (Lipinski definition) is 1. The number of aliphatic hydroxyl groups is 1. The maximum Gasteiger partial charge on any atom is 0.278 e. The van der Waals surface area contributed by atoms with Gasteiger partial charge in [-0.25, -0.2) is 0 Å². The predicted molar refractivity (Wildman–Crippen MR) is 65.1 cm³/mol. The molecule has 0 saturated heterocycles. The summed E-state index contributed by atoms with van der Waals surface area (Å²) in [6, 6.07) is 2.50. The number of benzene rings is 1. The first kappa shape index (κ1) is 14.6. The van der Waals surface area contributed by atoms with Crippen LogP contribution >= 0.6 is 0 Å². The molecule has 1 rings (SSSR count). The van der Waals surface area contributed by atoms with Gasteiger partial charge in [0.15, 0.2) is 11.5 Å². The zero-order valence-corrected chi connectivity index (χ0v) is 10.1. The zero-order chi connectivity index (χ0) is 14.3. The third kappa shape index (κ3) is 3.73. The number of nitrogens with zero attached hydrogens (tertiary/aromatic N) is 4. The highest BCUT2D eigenvalue weighted by Crippen LogP contribution is 2.34. The number of nitro groups is 1. The average Bonchev–Trinajstić information content (AvgIpc) is 2.42. The molecule has 1 N–H and O–H groups in total. The second-order valence-electron chi connectivity index (χ2n) is 3.35. The molecule has 9 nitrogen and oxygen atoms in total. The monoisotopic (exact) mass is 268 g/mol. The fraction of sp³-hybridized carbons (Fsp3) is 0.400. The molecule has 0 aliphatic heterocycles. The van der Waals surface area contributed by atoms with E-state index in [0.717, 1.165) is 0 Å². The van der Waals surface area contributed by atoms with Crippen molar-refractivity contribution in [3.63, 3.8) is 0 Å².